The molecule has 2 rings (SSSR count). The van der Waals surface area contributed by atoms with Crippen molar-refractivity contribution < 1.29 is 5.11 Å². The lowest BCUT2D eigenvalue weighted by molar-refractivity contribution is 0.250. The van der Waals surface area contributed by atoms with Crippen molar-refractivity contribution in [3.63, 3.8) is 0 Å². The highest BCUT2D eigenvalue weighted by atomic mass is 16.3. The molecule has 2 aliphatic rings. The van der Waals surface area contributed by atoms with Gasteiger partial charge in [0, 0.05) is 12.5 Å². The molecule has 1 heteroatoms. The molecule has 1 N–H and O–H groups in total. The molecule has 0 aromatic heterocycles. The summed E-state index contributed by atoms with van der Waals surface area (Å²) >= 11 is 0. The van der Waals surface area contributed by atoms with E-state index < -0.39 is 0 Å². The predicted molar refractivity (Wildman–Crippen MR) is 54.4 cm³/mol. The number of hydrogen-bond donors (Lipinski definition) is 1. The van der Waals surface area contributed by atoms with Crippen molar-refractivity contribution in [3.8, 4) is 0 Å². The summed E-state index contributed by atoms with van der Waals surface area (Å²) in [6, 6.07) is 0. The van der Waals surface area contributed by atoms with E-state index in [0.29, 0.717) is 17.9 Å². The maximum Gasteiger partial charge on any atom is 0.0496 e. The maximum absolute atomic E-state index is 9.07. The highest BCUT2D eigenvalue weighted by Crippen LogP contribution is 2.46. The molecule has 0 saturated carbocycles. The van der Waals surface area contributed by atoms with Gasteiger partial charge in [0.25, 0.3) is 0 Å². The monoisotopic (exact) mass is 178 g/mol. The van der Waals surface area contributed by atoms with Gasteiger partial charge in [-0.1, -0.05) is 31.6 Å². The zero-order valence-corrected chi connectivity index (χ0v) is 8.51. The molecule has 1 nitrogen and oxygen atoms in total. The summed E-state index contributed by atoms with van der Waals surface area (Å²) in [6.45, 7) is 4.94. The highest BCUT2D eigenvalue weighted by molar-refractivity contribution is 5.39. The fourth-order valence-corrected chi connectivity index (χ4v) is 2.51. The van der Waals surface area contributed by atoms with Gasteiger partial charge in [0.15, 0.2) is 0 Å². The van der Waals surface area contributed by atoms with Gasteiger partial charge in [0.1, 0.15) is 0 Å². The summed E-state index contributed by atoms with van der Waals surface area (Å²) < 4.78 is 0. The molecule has 0 heterocycles. The van der Waals surface area contributed by atoms with Crippen molar-refractivity contribution in [1.82, 2.24) is 0 Å². The molecule has 0 aliphatic heterocycles. The minimum atomic E-state index is 0.299. The number of hydrogen-bond acceptors (Lipinski definition) is 1. The first-order chi connectivity index (χ1) is 6.13. The van der Waals surface area contributed by atoms with Crippen molar-refractivity contribution >= 4 is 0 Å². The van der Waals surface area contributed by atoms with Crippen LogP contribution in [0, 0.1) is 11.3 Å². The molecule has 0 bridgehead atoms. The van der Waals surface area contributed by atoms with E-state index in [0.717, 1.165) is 6.42 Å². The summed E-state index contributed by atoms with van der Waals surface area (Å²) in [5.74, 6) is 0.382. The first kappa shape index (κ1) is 9.01. The standard InChI is InChI=1S/C12H18O/c1-12(2)6-5-10-7-9(8-13)3-4-11(10)12/h3-4,9,13H,5-8H2,1-2H3. The Morgan fingerprint density at radius 1 is 1.54 bits per heavy atom. The molecule has 2 aliphatic carbocycles. The zero-order valence-electron chi connectivity index (χ0n) is 8.51. The quantitative estimate of drug-likeness (QED) is 0.654. The molecule has 0 amide bonds. The van der Waals surface area contributed by atoms with Gasteiger partial charge in [0.05, 0.1) is 0 Å². The fourth-order valence-electron chi connectivity index (χ4n) is 2.51. The van der Waals surface area contributed by atoms with Crippen LogP contribution in [0.2, 0.25) is 0 Å². The number of rotatable bonds is 1. The van der Waals surface area contributed by atoms with Crippen LogP contribution >= 0.6 is 0 Å². The van der Waals surface area contributed by atoms with Crippen LogP contribution in [-0.4, -0.2) is 11.7 Å². The second-order valence-corrected chi connectivity index (χ2v) is 4.91. The van der Waals surface area contributed by atoms with Gasteiger partial charge in [-0.25, -0.2) is 0 Å². The van der Waals surface area contributed by atoms with Crippen LogP contribution < -0.4 is 0 Å². The molecule has 1 unspecified atom stereocenters. The van der Waals surface area contributed by atoms with Crippen molar-refractivity contribution in [2.75, 3.05) is 6.61 Å². The van der Waals surface area contributed by atoms with Gasteiger partial charge in [-0.15, -0.1) is 0 Å². The van der Waals surface area contributed by atoms with Crippen molar-refractivity contribution in [3.05, 3.63) is 23.3 Å². The first-order valence-corrected chi connectivity index (χ1v) is 5.15. The minimum Gasteiger partial charge on any atom is -0.396 e. The van der Waals surface area contributed by atoms with E-state index in [9.17, 15) is 0 Å². The van der Waals surface area contributed by atoms with Crippen LogP contribution in [0.4, 0.5) is 0 Å². The van der Waals surface area contributed by atoms with Gasteiger partial charge in [-0.05, 0) is 30.3 Å². The molecule has 0 saturated heterocycles. The Hall–Kier alpha value is -0.560. The Bertz CT molecular complexity index is 271. The smallest absolute Gasteiger partial charge is 0.0496 e. The second kappa shape index (κ2) is 2.98. The molecule has 0 fully saturated rings. The Balaban J connectivity index is 2.23. The Morgan fingerprint density at radius 2 is 2.31 bits per heavy atom. The fraction of sp³-hybridized carbons (Fsp3) is 0.667. The van der Waals surface area contributed by atoms with E-state index in [-0.39, 0.29) is 0 Å². The van der Waals surface area contributed by atoms with E-state index in [1.807, 2.05) is 0 Å². The Morgan fingerprint density at radius 3 is 3.00 bits per heavy atom. The molecule has 72 valence electrons. The van der Waals surface area contributed by atoms with E-state index in [1.54, 1.807) is 5.57 Å². The molecule has 13 heavy (non-hydrogen) atoms. The molecular weight excluding hydrogens is 160 g/mol. The summed E-state index contributed by atoms with van der Waals surface area (Å²) in [5, 5.41) is 9.07. The third-order valence-corrected chi connectivity index (χ3v) is 3.44. The Kier molecular flexibility index (Phi) is 2.07. The SMILES string of the molecule is CC1(C)CCC2=C1C=CC(CO)C2. The van der Waals surface area contributed by atoms with Crippen LogP contribution in [0.15, 0.2) is 23.3 Å². The highest BCUT2D eigenvalue weighted by Gasteiger charge is 2.32. The van der Waals surface area contributed by atoms with Gasteiger partial charge in [-0.3, -0.25) is 0 Å². The molecule has 0 radical (unpaired) electrons. The average molecular weight is 178 g/mol. The van der Waals surface area contributed by atoms with Gasteiger partial charge in [-0.2, -0.15) is 0 Å². The van der Waals surface area contributed by atoms with E-state index in [2.05, 4.69) is 26.0 Å². The van der Waals surface area contributed by atoms with Gasteiger partial charge >= 0.3 is 0 Å². The third-order valence-electron chi connectivity index (χ3n) is 3.44. The van der Waals surface area contributed by atoms with Gasteiger partial charge in [0.2, 0.25) is 0 Å². The van der Waals surface area contributed by atoms with Gasteiger partial charge < -0.3 is 5.11 Å². The van der Waals surface area contributed by atoms with E-state index in [4.69, 9.17) is 5.11 Å². The molecule has 1 atom stereocenters. The number of allylic oxidation sites excluding steroid dienone is 3. The molecule has 0 aromatic carbocycles. The molecular formula is C12H18O. The summed E-state index contributed by atoms with van der Waals surface area (Å²) in [7, 11) is 0. The van der Waals surface area contributed by atoms with Crippen LogP contribution in [0.3, 0.4) is 0 Å². The number of aliphatic hydroxyl groups is 1. The summed E-state index contributed by atoms with van der Waals surface area (Å²) in [4.78, 5) is 0. The normalized spacial score (nSPS) is 30.8. The zero-order chi connectivity index (χ0) is 9.47. The first-order valence-electron chi connectivity index (χ1n) is 5.15. The average Bonchev–Trinajstić information content (AvgIpc) is 2.42. The van der Waals surface area contributed by atoms with Crippen molar-refractivity contribution in [2.45, 2.75) is 33.1 Å². The lowest BCUT2D eigenvalue weighted by Gasteiger charge is -2.24. The Labute approximate surface area is 80.2 Å². The molecule has 0 aromatic rings. The van der Waals surface area contributed by atoms with Crippen LogP contribution in [0.5, 0.6) is 0 Å². The summed E-state index contributed by atoms with van der Waals surface area (Å²) in [6.07, 6.45) is 8.02. The van der Waals surface area contributed by atoms with Crippen molar-refractivity contribution in [2.24, 2.45) is 11.3 Å². The molecule has 0 spiro atoms. The van der Waals surface area contributed by atoms with Crippen LogP contribution in [0.25, 0.3) is 0 Å². The lowest BCUT2D eigenvalue weighted by Crippen LogP contribution is -2.12. The number of aliphatic hydroxyl groups excluding tert-OH is 1. The van der Waals surface area contributed by atoms with E-state index in [1.165, 1.54) is 18.4 Å². The van der Waals surface area contributed by atoms with Crippen LogP contribution in [0.1, 0.15) is 33.1 Å². The third kappa shape index (κ3) is 1.46. The topological polar surface area (TPSA) is 20.2 Å². The maximum atomic E-state index is 9.07. The van der Waals surface area contributed by atoms with E-state index >= 15 is 0 Å². The minimum absolute atomic E-state index is 0.299. The predicted octanol–water partition coefficient (Wildman–Crippen LogP) is 2.67. The summed E-state index contributed by atoms with van der Waals surface area (Å²) in [5.41, 5.74) is 3.51. The lowest BCUT2D eigenvalue weighted by atomic mass is 9.82. The largest absolute Gasteiger partial charge is 0.396 e. The second-order valence-electron chi connectivity index (χ2n) is 4.91. The van der Waals surface area contributed by atoms with Crippen LogP contribution in [-0.2, 0) is 0 Å². The van der Waals surface area contributed by atoms with Crippen molar-refractivity contribution in [1.29, 1.82) is 0 Å².